The van der Waals surface area contributed by atoms with Gasteiger partial charge in [-0.25, -0.2) is 13.4 Å². The average molecular weight is 592 g/mol. The number of halogens is 1. The number of rotatable bonds is 5. The van der Waals surface area contributed by atoms with E-state index in [-0.39, 0.29) is 29.9 Å². The summed E-state index contributed by atoms with van der Waals surface area (Å²) in [6.07, 6.45) is 2.28. The molecule has 2 saturated heterocycles. The highest BCUT2D eigenvalue weighted by atomic mass is 35.7. The molecular weight excluding hydrogens is 566 g/mol. The highest BCUT2D eigenvalue weighted by Crippen LogP contribution is 2.44. The third kappa shape index (κ3) is 4.53. The van der Waals surface area contributed by atoms with E-state index in [2.05, 4.69) is 21.3 Å². The number of fused-ring (bicyclic) bond motifs is 1. The van der Waals surface area contributed by atoms with Crippen LogP contribution in [-0.2, 0) is 24.4 Å². The highest BCUT2D eigenvalue weighted by molar-refractivity contribution is 8.13. The fourth-order valence-corrected chi connectivity index (χ4v) is 7.46. The van der Waals surface area contributed by atoms with Gasteiger partial charge < -0.3 is 9.88 Å². The number of carbonyl (C=O) groups excluding carboxylic acids is 3. The van der Waals surface area contributed by atoms with Gasteiger partial charge in [0.1, 0.15) is 6.04 Å². The molecule has 0 aliphatic carbocycles. The number of piperidine rings is 2. The first kappa shape index (κ1) is 26.0. The summed E-state index contributed by atoms with van der Waals surface area (Å²) in [6, 6.07) is 14.4. The number of aromatic amines is 1. The molecule has 210 valence electrons. The van der Waals surface area contributed by atoms with Crippen LogP contribution in [0.2, 0.25) is 0 Å². The van der Waals surface area contributed by atoms with Crippen molar-refractivity contribution in [3.63, 3.8) is 0 Å². The number of imidazole rings is 1. The minimum atomic E-state index is -3.65. The summed E-state index contributed by atoms with van der Waals surface area (Å²) in [4.78, 5) is 49.6. The fraction of sp³-hybridized carbons (Fsp3) is 0.310. The number of imide groups is 1. The maximum atomic E-state index is 13.5. The maximum absolute atomic E-state index is 13.5. The van der Waals surface area contributed by atoms with E-state index in [0.717, 1.165) is 59.4 Å². The zero-order valence-corrected chi connectivity index (χ0v) is 23.5. The lowest BCUT2D eigenvalue weighted by Gasteiger charge is -2.33. The number of aromatic nitrogens is 2. The Labute approximate surface area is 240 Å². The Morgan fingerprint density at radius 1 is 1.00 bits per heavy atom. The monoisotopic (exact) mass is 591 g/mol. The molecule has 1 aromatic heterocycles. The Bertz CT molecular complexity index is 1880. The van der Waals surface area contributed by atoms with Gasteiger partial charge in [-0.2, -0.15) is 0 Å². The summed E-state index contributed by atoms with van der Waals surface area (Å²) in [5, 5.41) is 4.26. The number of nitrogens with zero attached hydrogens (tertiary/aromatic N) is 3. The first-order valence-corrected chi connectivity index (χ1v) is 16.0. The first-order chi connectivity index (χ1) is 19.7. The molecule has 1 unspecified atom stereocenters. The number of benzene rings is 3. The van der Waals surface area contributed by atoms with Crippen molar-refractivity contribution in [2.75, 3.05) is 22.9 Å². The third-order valence-corrected chi connectivity index (χ3v) is 9.40. The van der Waals surface area contributed by atoms with Crippen LogP contribution >= 0.6 is 10.7 Å². The zero-order chi connectivity index (χ0) is 28.5. The predicted octanol–water partition coefficient (Wildman–Crippen LogP) is 3.93. The van der Waals surface area contributed by atoms with Gasteiger partial charge >= 0.3 is 0 Å². The van der Waals surface area contributed by atoms with Gasteiger partial charge in [0, 0.05) is 41.1 Å². The van der Waals surface area contributed by atoms with Gasteiger partial charge in [0.05, 0.1) is 22.5 Å². The molecule has 1 atom stereocenters. The molecule has 12 heteroatoms. The SMILES string of the molecule is O=C1CCC(N2C(=O)c3cccc4c(C5CCN(c6nc7ccc(CS(=O)(=O)Cl)cc7[nH]6)CC5)ccc2c34)C(=O)N1. The number of carbonyl (C=O) groups is 3. The van der Waals surface area contributed by atoms with E-state index in [1.165, 1.54) is 5.56 Å². The molecule has 0 saturated carbocycles. The van der Waals surface area contributed by atoms with Gasteiger partial charge in [0.2, 0.25) is 26.8 Å². The maximum Gasteiger partial charge on any atom is 0.259 e. The van der Waals surface area contributed by atoms with Gasteiger partial charge in [-0.05, 0) is 66.0 Å². The smallest absolute Gasteiger partial charge is 0.259 e. The molecule has 3 amide bonds. The lowest BCUT2D eigenvalue weighted by Crippen LogP contribution is -2.53. The van der Waals surface area contributed by atoms with Crippen LogP contribution < -0.4 is 15.1 Å². The molecule has 2 fully saturated rings. The Kier molecular flexibility index (Phi) is 6.05. The van der Waals surface area contributed by atoms with Crippen LogP contribution in [0.4, 0.5) is 11.6 Å². The lowest BCUT2D eigenvalue weighted by molar-refractivity contribution is -0.134. The van der Waals surface area contributed by atoms with E-state index < -0.39 is 21.0 Å². The van der Waals surface area contributed by atoms with E-state index in [9.17, 15) is 22.8 Å². The van der Waals surface area contributed by atoms with Crippen LogP contribution in [0.3, 0.4) is 0 Å². The summed E-state index contributed by atoms with van der Waals surface area (Å²) in [6.45, 7) is 1.55. The second-order valence-electron chi connectivity index (χ2n) is 10.9. The fourth-order valence-electron chi connectivity index (χ4n) is 6.51. The zero-order valence-electron chi connectivity index (χ0n) is 21.9. The normalized spacial score (nSPS) is 19.9. The Morgan fingerprint density at radius 2 is 1.80 bits per heavy atom. The van der Waals surface area contributed by atoms with Crippen LogP contribution in [0.15, 0.2) is 48.5 Å². The van der Waals surface area contributed by atoms with E-state index in [4.69, 9.17) is 15.7 Å². The van der Waals surface area contributed by atoms with E-state index in [0.29, 0.717) is 17.5 Å². The van der Waals surface area contributed by atoms with Gasteiger partial charge in [0.25, 0.3) is 5.91 Å². The molecule has 41 heavy (non-hydrogen) atoms. The van der Waals surface area contributed by atoms with Crippen molar-refractivity contribution in [1.29, 1.82) is 0 Å². The van der Waals surface area contributed by atoms with Crippen LogP contribution in [0.1, 0.15) is 53.1 Å². The lowest BCUT2D eigenvalue weighted by atomic mass is 9.85. The van der Waals surface area contributed by atoms with Crippen LogP contribution in [-0.4, -0.2) is 55.2 Å². The van der Waals surface area contributed by atoms with Gasteiger partial charge in [-0.15, -0.1) is 0 Å². The van der Waals surface area contributed by atoms with E-state index in [1.807, 2.05) is 24.3 Å². The summed E-state index contributed by atoms with van der Waals surface area (Å²) in [7, 11) is 1.77. The second kappa shape index (κ2) is 9.56. The Balaban J connectivity index is 1.13. The van der Waals surface area contributed by atoms with Crippen molar-refractivity contribution in [2.24, 2.45) is 0 Å². The molecule has 0 radical (unpaired) electrons. The first-order valence-electron chi connectivity index (χ1n) is 13.5. The number of hydrogen-bond donors (Lipinski definition) is 2. The number of anilines is 2. The quantitative estimate of drug-likeness (QED) is 0.265. The molecule has 4 heterocycles. The molecule has 0 spiro atoms. The van der Waals surface area contributed by atoms with Gasteiger partial charge in [-0.3, -0.25) is 24.6 Å². The Morgan fingerprint density at radius 3 is 2.56 bits per heavy atom. The highest BCUT2D eigenvalue weighted by Gasteiger charge is 2.41. The molecular formula is C29H26ClN5O5S. The molecule has 2 N–H and O–H groups in total. The van der Waals surface area contributed by atoms with E-state index >= 15 is 0 Å². The van der Waals surface area contributed by atoms with Crippen LogP contribution in [0, 0.1) is 0 Å². The van der Waals surface area contributed by atoms with Crippen molar-refractivity contribution in [2.45, 2.75) is 43.4 Å². The predicted molar refractivity (Wildman–Crippen MR) is 156 cm³/mol. The summed E-state index contributed by atoms with van der Waals surface area (Å²) >= 11 is 0. The summed E-state index contributed by atoms with van der Waals surface area (Å²) in [5.74, 6) is -0.163. The second-order valence-corrected chi connectivity index (χ2v) is 13.7. The molecule has 3 aliphatic heterocycles. The Hall–Kier alpha value is -3.96. The number of H-pyrrole nitrogens is 1. The van der Waals surface area contributed by atoms with Crippen molar-refractivity contribution >= 4 is 70.9 Å². The van der Waals surface area contributed by atoms with Gasteiger partial charge in [0.15, 0.2) is 0 Å². The molecule has 3 aliphatic rings. The molecule has 4 aromatic rings. The number of nitrogens with one attached hydrogen (secondary N) is 2. The molecule has 3 aromatic carbocycles. The largest absolute Gasteiger partial charge is 0.342 e. The molecule has 10 nitrogen and oxygen atoms in total. The minimum Gasteiger partial charge on any atom is -0.342 e. The molecule has 0 bridgehead atoms. The topological polar surface area (TPSA) is 133 Å². The van der Waals surface area contributed by atoms with Crippen molar-refractivity contribution in [3.8, 4) is 0 Å². The summed E-state index contributed by atoms with van der Waals surface area (Å²) < 4.78 is 22.9. The van der Waals surface area contributed by atoms with E-state index in [1.54, 1.807) is 23.1 Å². The number of hydrogen-bond acceptors (Lipinski definition) is 7. The average Bonchev–Trinajstić information content (AvgIpc) is 3.48. The van der Waals surface area contributed by atoms with Crippen molar-refractivity contribution in [1.82, 2.24) is 15.3 Å². The third-order valence-electron chi connectivity index (χ3n) is 8.39. The van der Waals surface area contributed by atoms with Crippen LogP contribution in [0.25, 0.3) is 21.8 Å². The number of amides is 3. The van der Waals surface area contributed by atoms with Gasteiger partial charge in [-0.1, -0.05) is 24.3 Å². The summed E-state index contributed by atoms with van der Waals surface area (Å²) in [5.41, 5.74) is 4.61. The van der Waals surface area contributed by atoms with Crippen LogP contribution in [0.5, 0.6) is 0 Å². The van der Waals surface area contributed by atoms with Crippen molar-refractivity contribution < 1.29 is 22.8 Å². The molecule has 7 rings (SSSR count). The van der Waals surface area contributed by atoms with Crippen molar-refractivity contribution in [3.05, 3.63) is 65.2 Å². The standard InChI is InChI=1S/C29H26ClN5O5S/c30-41(39,40)15-16-4-6-21-22(14-16)32-29(31-21)34-12-10-17(11-13-34)18-5-7-23-26-19(18)2-1-3-20(26)28(38)35(23)24-8-9-25(36)33-27(24)37/h1-7,14,17,24H,8-13,15H2,(H,31,32)(H,33,36,37). The minimum absolute atomic E-state index is 0.205.